The Morgan fingerprint density at radius 3 is 2.45 bits per heavy atom. The van der Waals surface area contributed by atoms with Crippen LogP contribution >= 0.6 is 0 Å². The van der Waals surface area contributed by atoms with E-state index in [1.54, 1.807) is 0 Å². The van der Waals surface area contributed by atoms with Crippen LogP contribution < -0.4 is 0 Å². The molecule has 0 atom stereocenters. The van der Waals surface area contributed by atoms with Crippen LogP contribution in [-0.2, 0) is 4.79 Å². The SMILES string of the molecule is O=C(CN1CCCC1)C1CC1. The summed E-state index contributed by atoms with van der Waals surface area (Å²) in [5, 5.41) is 0. The smallest absolute Gasteiger partial charge is 0.149 e. The van der Waals surface area contributed by atoms with Crippen molar-refractivity contribution in [3.05, 3.63) is 0 Å². The monoisotopic (exact) mass is 153 g/mol. The Bertz CT molecular complexity index is 157. The molecule has 2 heteroatoms. The van der Waals surface area contributed by atoms with Crippen molar-refractivity contribution in [3.8, 4) is 0 Å². The lowest BCUT2D eigenvalue weighted by Gasteiger charge is -2.12. The van der Waals surface area contributed by atoms with Crippen LogP contribution in [0.2, 0.25) is 0 Å². The average Bonchev–Trinajstić information content (AvgIpc) is 2.73. The molecule has 0 aromatic heterocycles. The van der Waals surface area contributed by atoms with Crippen molar-refractivity contribution in [2.45, 2.75) is 25.7 Å². The highest BCUT2D eigenvalue weighted by atomic mass is 16.1. The van der Waals surface area contributed by atoms with Gasteiger partial charge in [-0.05, 0) is 38.8 Å². The maximum absolute atomic E-state index is 11.3. The predicted molar refractivity (Wildman–Crippen MR) is 43.4 cm³/mol. The lowest BCUT2D eigenvalue weighted by molar-refractivity contribution is -0.121. The number of carbonyl (C=O) groups excluding carboxylic acids is 1. The second-order valence-electron chi connectivity index (χ2n) is 3.72. The van der Waals surface area contributed by atoms with Crippen molar-refractivity contribution in [1.29, 1.82) is 0 Å². The fraction of sp³-hybridized carbons (Fsp3) is 0.889. The van der Waals surface area contributed by atoms with Gasteiger partial charge in [-0.25, -0.2) is 0 Å². The number of Topliss-reactive ketones (excluding diaryl/α,β-unsaturated/α-hetero) is 1. The summed E-state index contributed by atoms with van der Waals surface area (Å²) in [6.07, 6.45) is 4.90. The Labute approximate surface area is 67.6 Å². The highest BCUT2D eigenvalue weighted by molar-refractivity contribution is 5.84. The first kappa shape index (κ1) is 7.29. The topological polar surface area (TPSA) is 20.3 Å². The number of ketones is 1. The first-order valence-corrected chi connectivity index (χ1v) is 4.61. The van der Waals surface area contributed by atoms with E-state index in [2.05, 4.69) is 4.90 Å². The molecule has 0 aromatic rings. The minimum Gasteiger partial charge on any atom is -0.298 e. The molecule has 0 N–H and O–H groups in total. The maximum Gasteiger partial charge on any atom is 0.149 e. The second kappa shape index (κ2) is 2.94. The third-order valence-electron chi connectivity index (χ3n) is 2.61. The van der Waals surface area contributed by atoms with E-state index in [4.69, 9.17) is 0 Å². The van der Waals surface area contributed by atoms with Gasteiger partial charge in [-0.15, -0.1) is 0 Å². The van der Waals surface area contributed by atoms with E-state index in [0.717, 1.165) is 32.5 Å². The quantitative estimate of drug-likeness (QED) is 0.604. The van der Waals surface area contributed by atoms with E-state index >= 15 is 0 Å². The van der Waals surface area contributed by atoms with Crippen molar-refractivity contribution in [1.82, 2.24) is 4.90 Å². The first-order valence-electron chi connectivity index (χ1n) is 4.61. The fourth-order valence-electron chi connectivity index (χ4n) is 1.70. The normalized spacial score (nSPS) is 25.8. The summed E-state index contributed by atoms with van der Waals surface area (Å²) in [5.74, 6) is 0.947. The summed E-state index contributed by atoms with van der Waals surface area (Å²) < 4.78 is 0. The van der Waals surface area contributed by atoms with E-state index < -0.39 is 0 Å². The molecular weight excluding hydrogens is 138 g/mol. The minimum atomic E-state index is 0.454. The Hall–Kier alpha value is -0.370. The van der Waals surface area contributed by atoms with Gasteiger partial charge in [0.1, 0.15) is 5.78 Å². The molecule has 62 valence electrons. The summed E-state index contributed by atoms with van der Waals surface area (Å²) in [6, 6.07) is 0. The van der Waals surface area contributed by atoms with Crippen LogP contribution in [-0.4, -0.2) is 30.3 Å². The van der Waals surface area contributed by atoms with E-state index in [0.29, 0.717) is 11.7 Å². The van der Waals surface area contributed by atoms with E-state index in [1.807, 2.05) is 0 Å². The molecule has 2 nitrogen and oxygen atoms in total. The Morgan fingerprint density at radius 1 is 1.27 bits per heavy atom. The molecule has 1 aliphatic carbocycles. The summed E-state index contributed by atoms with van der Waals surface area (Å²) in [7, 11) is 0. The number of rotatable bonds is 3. The summed E-state index contributed by atoms with van der Waals surface area (Å²) in [4.78, 5) is 13.6. The lowest BCUT2D eigenvalue weighted by atomic mass is 10.2. The minimum absolute atomic E-state index is 0.454. The van der Waals surface area contributed by atoms with Crippen molar-refractivity contribution < 1.29 is 4.79 Å². The van der Waals surface area contributed by atoms with Gasteiger partial charge >= 0.3 is 0 Å². The zero-order valence-corrected chi connectivity index (χ0v) is 6.88. The number of carbonyl (C=O) groups is 1. The van der Waals surface area contributed by atoms with Gasteiger partial charge in [0.25, 0.3) is 0 Å². The predicted octanol–water partition coefficient (Wildman–Crippen LogP) is 1.06. The van der Waals surface area contributed by atoms with Crippen LogP contribution in [0.3, 0.4) is 0 Å². The molecular formula is C9H15NO. The van der Waals surface area contributed by atoms with Crippen molar-refractivity contribution in [3.63, 3.8) is 0 Å². The number of nitrogens with zero attached hydrogens (tertiary/aromatic N) is 1. The van der Waals surface area contributed by atoms with E-state index in [1.165, 1.54) is 12.8 Å². The van der Waals surface area contributed by atoms with Crippen molar-refractivity contribution in [2.24, 2.45) is 5.92 Å². The Morgan fingerprint density at radius 2 is 1.91 bits per heavy atom. The zero-order chi connectivity index (χ0) is 7.68. The largest absolute Gasteiger partial charge is 0.298 e. The molecule has 0 spiro atoms. The molecule has 1 saturated heterocycles. The third kappa shape index (κ3) is 1.80. The van der Waals surface area contributed by atoms with Gasteiger partial charge in [0.15, 0.2) is 0 Å². The van der Waals surface area contributed by atoms with Gasteiger partial charge in [0, 0.05) is 5.92 Å². The number of hydrogen-bond acceptors (Lipinski definition) is 2. The van der Waals surface area contributed by atoms with Gasteiger partial charge in [-0.2, -0.15) is 0 Å². The Kier molecular flexibility index (Phi) is 1.95. The molecule has 11 heavy (non-hydrogen) atoms. The van der Waals surface area contributed by atoms with Crippen LogP contribution in [0.5, 0.6) is 0 Å². The molecule has 0 aromatic carbocycles. The average molecular weight is 153 g/mol. The van der Waals surface area contributed by atoms with Crippen LogP contribution in [0.4, 0.5) is 0 Å². The molecule has 2 fully saturated rings. The summed E-state index contributed by atoms with van der Waals surface area (Å²) in [6.45, 7) is 3.04. The molecule has 1 aliphatic heterocycles. The van der Waals surface area contributed by atoms with Crippen LogP contribution in [0.15, 0.2) is 0 Å². The molecule has 2 rings (SSSR count). The maximum atomic E-state index is 11.3. The van der Waals surface area contributed by atoms with E-state index in [9.17, 15) is 4.79 Å². The summed E-state index contributed by atoms with van der Waals surface area (Å²) in [5.41, 5.74) is 0. The molecule has 0 amide bonds. The van der Waals surface area contributed by atoms with E-state index in [-0.39, 0.29) is 0 Å². The van der Waals surface area contributed by atoms with Gasteiger partial charge in [-0.3, -0.25) is 9.69 Å². The zero-order valence-electron chi connectivity index (χ0n) is 6.88. The van der Waals surface area contributed by atoms with Gasteiger partial charge in [-0.1, -0.05) is 0 Å². The van der Waals surface area contributed by atoms with Gasteiger partial charge < -0.3 is 0 Å². The molecule has 0 radical (unpaired) electrons. The third-order valence-corrected chi connectivity index (χ3v) is 2.61. The highest BCUT2D eigenvalue weighted by Gasteiger charge is 2.30. The first-order chi connectivity index (χ1) is 5.36. The molecule has 0 unspecified atom stereocenters. The van der Waals surface area contributed by atoms with Crippen molar-refractivity contribution in [2.75, 3.05) is 19.6 Å². The number of hydrogen-bond donors (Lipinski definition) is 0. The van der Waals surface area contributed by atoms with Crippen molar-refractivity contribution >= 4 is 5.78 Å². The second-order valence-corrected chi connectivity index (χ2v) is 3.72. The molecule has 2 aliphatic rings. The molecule has 1 heterocycles. The lowest BCUT2D eigenvalue weighted by Crippen LogP contribution is -2.27. The van der Waals surface area contributed by atoms with Crippen LogP contribution in [0.1, 0.15) is 25.7 Å². The summed E-state index contributed by atoms with van der Waals surface area (Å²) >= 11 is 0. The van der Waals surface area contributed by atoms with Gasteiger partial charge in [0.2, 0.25) is 0 Å². The van der Waals surface area contributed by atoms with Crippen LogP contribution in [0, 0.1) is 5.92 Å². The van der Waals surface area contributed by atoms with Crippen LogP contribution in [0.25, 0.3) is 0 Å². The Balaban J connectivity index is 1.74. The molecule has 0 bridgehead atoms. The standard InChI is InChI=1S/C9H15NO/c11-9(8-3-4-8)7-10-5-1-2-6-10/h8H,1-7H2. The fourth-order valence-corrected chi connectivity index (χ4v) is 1.70. The van der Waals surface area contributed by atoms with Gasteiger partial charge in [0.05, 0.1) is 6.54 Å². The highest BCUT2D eigenvalue weighted by Crippen LogP contribution is 2.30. The number of likely N-dealkylation sites (tertiary alicyclic amines) is 1. The molecule has 1 saturated carbocycles.